The summed E-state index contributed by atoms with van der Waals surface area (Å²) in [5.74, 6) is 0.758. The van der Waals surface area contributed by atoms with Gasteiger partial charge in [-0.05, 0) is 42.7 Å². The van der Waals surface area contributed by atoms with E-state index in [1.54, 1.807) is 6.20 Å². The summed E-state index contributed by atoms with van der Waals surface area (Å²) in [7, 11) is 0. The summed E-state index contributed by atoms with van der Waals surface area (Å²) in [5.41, 5.74) is 1.81. The number of carbonyl (C=O) groups excluding carboxylic acids is 1. The van der Waals surface area contributed by atoms with Crippen LogP contribution in [-0.4, -0.2) is 17.1 Å². The molecular formula is C19H23ClN4O. The van der Waals surface area contributed by atoms with Crippen molar-refractivity contribution in [3.63, 3.8) is 0 Å². The lowest BCUT2D eigenvalue weighted by molar-refractivity contribution is 0.244. The second-order valence-corrected chi connectivity index (χ2v) is 6.78. The fraction of sp³-hybridized carbons (Fsp3) is 0.368. The Balaban J connectivity index is 1.46. The number of nitrogens with zero attached hydrogens (tertiary/aromatic N) is 1. The van der Waals surface area contributed by atoms with Crippen LogP contribution >= 0.6 is 11.6 Å². The molecule has 0 radical (unpaired) electrons. The molecule has 1 aromatic carbocycles. The topological polar surface area (TPSA) is 66.0 Å². The molecule has 1 saturated carbocycles. The molecule has 0 unspecified atom stereocenters. The van der Waals surface area contributed by atoms with Crippen molar-refractivity contribution in [3.8, 4) is 0 Å². The first-order valence-electron chi connectivity index (χ1n) is 8.71. The summed E-state index contributed by atoms with van der Waals surface area (Å²) in [6.07, 6.45) is 7.46. The monoisotopic (exact) mass is 358 g/mol. The van der Waals surface area contributed by atoms with Crippen LogP contribution in [0.5, 0.6) is 0 Å². The Morgan fingerprint density at radius 1 is 1.08 bits per heavy atom. The third-order valence-electron chi connectivity index (χ3n) is 4.35. The minimum absolute atomic E-state index is 0.157. The molecule has 1 fully saturated rings. The van der Waals surface area contributed by atoms with Crippen molar-refractivity contribution in [2.45, 2.75) is 44.7 Å². The lowest BCUT2D eigenvalue weighted by Crippen LogP contribution is -2.39. The van der Waals surface area contributed by atoms with Gasteiger partial charge >= 0.3 is 6.03 Å². The van der Waals surface area contributed by atoms with E-state index < -0.39 is 0 Å². The number of pyridine rings is 1. The molecule has 0 atom stereocenters. The SMILES string of the molecule is O=C(Nc1ccc(NCc2ccc(Cl)cc2)nc1)NC1CCCCC1. The van der Waals surface area contributed by atoms with Crippen molar-refractivity contribution < 1.29 is 4.79 Å². The lowest BCUT2D eigenvalue weighted by Gasteiger charge is -2.22. The third-order valence-corrected chi connectivity index (χ3v) is 4.60. The first kappa shape index (κ1) is 17.5. The molecule has 25 heavy (non-hydrogen) atoms. The van der Waals surface area contributed by atoms with E-state index in [0.29, 0.717) is 18.3 Å². The first-order chi connectivity index (χ1) is 12.2. The Morgan fingerprint density at radius 3 is 2.52 bits per heavy atom. The Labute approximate surface area is 153 Å². The average Bonchev–Trinajstić information content (AvgIpc) is 2.63. The summed E-state index contributed by atoms with van der Waals surface area (Å²) in [6, 6.07) is 11.5. The molecule has 1 heterocycles. The van der Waals surface area contributed by atoms with E-state index in [1.165, 1.54) is 19.3 Å². The third kappa shape index (κ3) is 5.64. The van der Waals surface area contributed by atoms with Gasteiger partial charge in [0.05, 0.1) is 11.9 Å². The van der Waals surface area contributed by atoms with E-state index in [9.17, 15) is 4.79 Å². The van der Waals surface area contributed by atoms with E-state index >= 15 is 0 Å². The van der Waals surface area contributed by atoms with E-state index in [0.717, 1.165) is 29.2 Å². The zero-order valence-electron chi connectivity index (χ0n) is 14.1. The average molecular weight is 359 g/mol. The van der Waals surface area contributed by atoms with Gasteiger partial charge in [0, 0.05) is 17.6 Å². The van der Waals surface area contributed by atoms with E-state index in [4.69, 9.17) is 11.6 Å². The van der Waals surface area contributed by atoms with Gasteiger partial charge in [-0.15, -0.1) is 0 Å². The largest absolute Gasteiger partial charge is 0.366 e. The molecule has 0 spiro atoms. The van der Waals surface area contributed by atoms with Crippen LogP contribution in [-0.2, 0) is 6.54 Å². The Morgan fingerprint density at radius 2 is 1.84 bits per heavy atom. The fourth-order valence-corrected chi connectivity index (χ4v) is 3.09. The predicted molar refractivity (Wildman–Crippen MR) is 102 cm³/mol. The number of urea groups is 1. The lowest BCUT2D eigenvalue weighted by atomic mass is 9.96. The van der Waals surface area contributed by atoms with Gasteiger partial charge in [0.2, 0.25) is 0 Å². The first-order valence-corrected chi connectivity index (χ1v) is 9.09. The van der Waals surface area contributed by atoms with Crippen LogP contribution in [0, 0.1) is 0 Å². The standard InChI is InChI=1S/C19H23ClN4O/c20-15-8-6-14(7-9-15)12-21-18-11-10-17(13-22-18)24-19(25)23-16-4-2-1-3-5-16/h6-11,13,16H,1-5,12H2,(H,21,22)(H2,23,24,25). The van der Waals surface area contributed by atoms with Gasteiger partial charge < -0.3 is 16.0 Å². The normalized spacial score (nSPS) is 14.8. The van der Waals surface area contributed by atoms with Crippen LogP contribution in [0.3, 0.4) is 0 Å². The molecular weight excluding hydrogens is 336 g/mol. The minimum atomic E-state index is -0.157. The van der Waals surface area contributed by atoms with Crippen LogP contribution in [0.1, 0.15) is 37.7 Å². The van der Waals surface area contributed by atoms with Gasteiger partial charge in [-0.1, -0.05) is 43.0 Å². The van der Waals surface area contributed by atoms with Crippen LogP contribution in [0.2, 0.25) is 5.02 Å². The van der Waals surface area contributed by atoms with Gasteiger partial charge in [0.25, 0.3) is 0 Å². The second-order valence-electron chi connectivity index (χ2n) is 6.35. The molecule has 0 aliphatic heterocycles. The molecule has 1 aromatic heterocycles. The summed E-state index contributed by atoms with van der Waals surface area (Å²) in [6.45, 7) is 0.666. The molecule has 2 aromatic rings. The van der Waals surface area contributed by atoms with Gasteiger partial charge in [0.15, 0.2) is 0 Å². The molecule has 2 amide bonds. The fourth-order valence-electron chi connectivity index (χ4n) is 2.97. The van der Waals surface area contributed by atoms with Crippen LogP contribution < -0.4 is 16.0 Å². The highest BCUT2D eigenvalue weighted by Gasteiger charge is 2.15. The molecule has 5 nitrogen and oxygen atoms in total. The number of nitrogens with one attached hydrogen (secondary N) is 3. The number of halogens is 1. The maximum Gasteiger partial charge on any atom is 0.319 e. The van der Waals surface area contributed by atoms with Crippen molar-refractivity contribution in [2.24, 2.45) is 0 Å². The van der Waals surface area contributed by atoms with Crippen molar-refractivity contribution >= 4 is 29.1 Å². The van der Waals surface area contributed by atoms with Crippen molar-refractivity contribution in [1.82, 2.24) is 10.3 Å². The maximum atomic E-state index is 12.0. The maximum absolute atomic E-state index is 12.0. The van der Waals surface area contributed by atoms with Gasteiger partial charge in [-0.25, -0.2) is 9.78 Å². The van der Waals surface area contributed by atoms with E-state index in [1.807, 2.05) is 36.4 Å². The van der Waals surface area contributed by atoms with E-state index in [-0.39, 0.29) is 6.03 Å². The highest BCUT2D eigenvalue weighted by Crippen LogP contribution is 2.18. The summed E-state index contributed by atoms with van der Waals surface area (Å²) < 4.78 is 0. The molecule has 1 aliphatic rings. The highest BCUT2D eigenvalue weighted by atomic mass is 35.5. The minimum Gasteiger partial charge on any atom is -0.366 e. The quantitative estimate of drug-likeness (QED) is 0.719. The number of hydrogen-bond acceptors (Lipinski definition) is 3. The summed E-state index contributed by atoms with van der Waals surface area (Å²) in [4.78, 5) is 16.4. The van der Waals surface area contributed by atoms with Crippen LogP contribution in [0.4, 0.5) is 16.3 Å². The molecule has 132 valence electrons. The molecule has 1 aliphatic carbocycles. The number of hydrogen-bond donors (Lipinski definition) is 3. The van der Waals surface area contributed by atoms with Crippen molar-refractivity contribution in [2.75, 3.05) is 10.6 Å². The number of anilines is 2. The molecule has 3 rings (SSSR count). The summed E-state index contributed by atoms with van der Waals surface area (Å²) >= 11 is 5.88. The number of amides is 2. The van der Waals surface area contributed by atoms with Gasteiger partial charge in [0.1, 0.15) is 5.82 Å². The van der Waals surface area contributed by atoms with E-state index in [2.05, 4.69) is 20.9 Å². The van der Waals surface area contributed by atoms with Crippen molar-refractivity contribution in [3.05, 3.63) is 53.2 Å². The van der Waals surface area contributed by atoms with Crippen LogP contribution in [0.25, 0.3) is 0 Å². The second kappa shape index (κ2) is 8.72. The number of aromatic nitrogens is 1. The summed E-state index contributed by atoms with van der Waals surface area (Å²) in [5, 5.41) is 9.84. The predicted octanol–water partition coefficient (Wildman–Crippen LogP) is 4.80. The number of benzene rings is 1. The zero-order valence-corrected chi connectivity index (χ0v) is 14.9. The Kier molecular flexibility index (Phi) is 6.12. The van der Waals surface area contributed by atoms with Gasteiger partial charge in [-0.3, -0.25) is 0 Å². The molecule has 0 saturated heterocycles. The molecule has 3 N–H and O–H groups in total. The number of rotatable bonds is 5. The van der Waals surface area contributed by atoms with Crippen molar-refractivity contribution in [1.29, 1.82) is 0 Å². The Bertz CT molecular complexity index is 682. The smallest absolute Gasteiger partial charge is 0.319 e. The zero-order chi connectivity index (χ0) is 17.5. The molecule has 0 bridgehead atoms. The van der Waals surface area contributed by atoms with Gasteiger partial charge in [-0.2, -0.15) is 0 Å². The number of carbonyl (C=O) groups is 1. The Hall–Kier alpha value is -2.27. The highest BCUT2D eigenvalue weighted by molar-refractivity contribution is 6.30. The molecule has 6 heteroatoms. The van der Waals surface area contributed by atoms with Crippen LogP contribution in [0.15, 0.2) is 42.6 Å².